The largest absolute Gasteiger partial charge is 0.463 e. The lowest BCUT2D eigenvalue weighted by Gasteiger charge is -2.44. The van der Waals surface area contributed by atoms with Gasteiger partial charge in [-0.25, -0.2) is 0 Å². The van der Waals surface area contributed by atoms with Crippen molar-refractivity contribution < 1.29 is 52.3 Å². The van der Waals surface area contributed by atoms with Gasteiger partial charge in [0.25, 0.3) is 0 Å². The third kappa shape index (κ3) is 9.44. The summed E-state index contributed by atoms with van der Waals surface area (Å²) >= 11 is 0. The summed E-state index contributed by atoms with van der Waals surface area (Å²) in [5.41, 5.74) is 1.04. The van der Waals surface area contributed by atoms with Crippen molar-refractivity contribution in [3.63, 3.8) is 0 Å². The third-order valence-electron chi connectivity index (χ3n) is 5.78. The minimum Gasteiger partial charge on any atom is -0.463 e. The van der Waals surface area contributed by atoms with Gasteiger partial charge >= 0.3 is 23.9 Å². The normalized spacial score (nSPS) is 22.6. The first kappa shape index (κ1) is 30.7. The molecule has 2 aromatic rings. The highest BCUT2D eigenvalue weighted by Gasteiger charge is 2.52. The van der Waals surface area contributed by atoms with Gasteiger partial charge in [-0.05, 0) is 22.4 Å². The fraction of sp³-hybridized carbons (Fsp3) is 0.448. The Labute approximate surface area is 232 Å². The lowest BCUT2D eigenvalue weighted by Crippen LogP contribution is -2.62. The van der Waals surface area contributed by atoms with E-state index in [9.17, 15) is 19.2 Å². The minimum absolute atomic E-state index is 0.00656. The molecule has 1 heterocycles. The van der Waals surface area contributed by atoms with Crippen LogP contribution < -0.4 is 0 Å². The number of esters is 4. The summed E-state index contributed by atoms with van der Waals surface area (Å²) in [7, 11) is 0. The van der Waals surface area contributed by atoms with Gasteiger partial charge in [-0.15, -0.1) is 0 Å². The fourth-order valence-corrected chi connectivity index (χ4v) is 4.19. The zero-order chi connectivity index (χ0) is 29.1. The topological polar surface area (TPSA) is 133 Å². The Balaban J connectivity index is 1.66. The molecule has 1 unspecified atom stereocenters. The highest BCUT2D eigenvalue weighted by atomic mass is 16.7. The average Bonchev–Trinajstić information content (AvgIpc) is 2.88. The Morgan fingerprint density at radius 1 is 0.750 bits per heavy atom. The molecule has 1 aliphatic heterocycles. The molecule has 0 saturated carbocycles. The van der Waals surface area contributed by atoms with Gasteiger partial charge in [0.1, 0.15) is 18.8 Å². The molecule has 0 aromatic heterocycles. The van der Waals surface area contributed by atoms with Crippen LogP contribution in [0.4, 0.5) is 0 Å². The maximum Gasteiger partial charge on any atom is 0.305 e. The van der Waals surface area contributed by atoms with Crippen LogP contribution in [0.1, 0.15) is 33.3 Å². The summed E-state index contributed by atoms with van der Waals surface area (Å²) in [5, 5.41) is 2.29. The first-order valence-corrected chi connectivity index (χ1v) is 12.8. The monoisotopic (exact) mass is 558 g/mol. The first-order chi connectivity index (χ1) is 19.1. The van der Waals surface area contributed by atoms with Crippen molar-refractivity contribution >= 4 is 34.6 Å². The van der Waals surface area contributed by atoms with Gasteiger partial charge in [-0.2, -0.15) is 0 Å². The molecular weight excluding hydrogens is 524 g/mol. The van der Waals surface area contributed by atoms with Crippen LogP contribution in [0.3, 0.4) is 0 Å². The summed E-state index contributed by atoms with van der Waals surface area (Å²) in [6.07, 6.45) is -2.55. The number of benzene rings is 2. The van der Waals surface area contributed by atoms with E-state index < -0.39 is 54.6 Å². The van der Waals surface area contributed by atoms with E-state index >= 15 is 0 Å². The predicted molar refractivity (Wildman–Crippen MR) is 141 cm³/mol. The molecule has 5 atom stereocenters. The molecule has 0 spiro atoms. The zero-order valence-corrected chi connectivity index (χ0v) is 22.9. The molecule has 0 aliphatic carbocycles. The van der Waals surface area contributed by atoms with E-state index in [1.54, 1.807) is 12.2 Å². The molecule has 0 radical (unpaired) electrons. The van der Waals surface area contributed by atoms with E-state index in [-0.39, 0.29) is 13.2 Å². The van der Waals surface area contributed by atoms with E-state index in [0.717, 1.165) is 23.3 Å². The van der Waals surface area contributed by atoms with E-state index in [4.69, 9.17) is 33.2 Å². The minimum atomic E-state index is -1.40. The Morgan fingerprint density at radius 3 is 2.08 bits per heavy atom. The molecule has 11 heteroatoms. The van der Waals surface area contributed by atoms with Crippen molar-refractivity contribution in [2.24, 2.45) is 0 Å². The van der Waals surface area contributed by atoms with Crippen molar-refractivity contribution in [2.45, 2.75) is 65.0 Å². The standard InChI is InChI=1S/C29H34O11/c1-18(30)36-17-25-26(37-19(2)31)27(28(38-20(3)32)29(40-25)39-21(4)33)35-14-8-7-13-34-16-22-11-12-23-9-5-6-10-24(23)15-22/h5-12,15,25-29H,13-14,16-17H2,1-4H3/b8-7-/t25-,26-,27+,28-,29?/m1/s1. The van der Waals surface area contributed by atoms with Crippen LogP contribution in [-0.4, -0.2) is 74.4 Å². The van der Waals surface area contributed by atoms with Crippen molar-refractivity contribution in [3.8, 4) is 0 Å². The second kappa shape index (κ2) is 15.1. The Kier molecular flexibility index (Phi) is 11.6. The Morgan fingerprint density at radius 2 is 1.40 bits per heavy atom. The molecule has 1 fully saturated rings. The van der Waals surface area contributed by atoms with Gasteiger partial charge in [0, 0.05) is 27.7 Å². The van der Waals surface area contributed by atoms with Crippen LogP contribution in [0, 0.1) is 0 Å². The van der Waals surface area contributed by atoms with Gasteiger partial charge in [0.05, 0.1) is 19.8 Å². The summed E-state index contributed by atoms with van der Waals surface area (Å²) in [4.78, 5) is 46.9. The highest BCUT2D eigenvalue weighted by Crippen LogP contribution is 2.30. The summed E-state index contributed by atoms with van der Waals surface area (Å²) in [6, 6.07) is 14.2. The summed E-state index contributed by atoms with van der Waals surface area (Å²) in [5.74, 6) is -2.67. The number of ether oxygens (including phenoxy) is 7. The fourth-order valence-electron chi connectivity index (χ4n) is 4.19. The van der Waals surface area contributed by atoms with Crippen molar-refractivity contribution in [2.75, 3.05) is 19.8 Å². The number of carbonyl (C=O) groups excluding carboxylic acids is 4. The lowest BCUT2D eigenvalue weighted by molar-refractivity contribution is -0.303. The van der Waals surface area contributed by atoms with Crippen LogP contribution in [0.25, 0.3) is 10.8 Å². The number of hydrogen-bond acceptors (Lipinski definition) is 11. The zero-order valence-electron chi connectivity index (χ0n) is 22.9. The molecule has 40 heavy (non-hydrogen) atoms. The maximum absolute atomic E-state index is 11.9. The van der Waals surface area contributed by atoms with E-state index in [0.29, 0.717) is 13.2 Å². The second-order valence-electron chi connectivity index (χ2n) is 9.07. The quantitative estimate of drug-likeness (QED) is 0.165. The van der Waals surface area contributed by atoms with Crippen LogP contribution in [0.15, 0.2) is 54.6 Å². The van der Waals surface area contributed by atoms with Crippen LogP contribution in [-0.2, 0) is 58.9 Å². The average molecular weight is 559 g/mol. The molecule has 2 aromatic carbocycles. The molecule has 3 rings (SSSR count). The smallest absolute Gasteiger partial charge is 0.305 e. The van der Waals surface area contributed by atoms with Gasteiger partial charge in [0.2, 0.25) is 6.29 Å². The lowest BCUT2D eigenvalue weighted by atomic mass is 9.98. The summed E-state index contributed by atoms with van der Waals surface area (Å²) < 4.78 is 38.5. The molecule has 0 bridgehead atoms. The number of rotatable bonds is 12. The maximum atomic E-state index is 11.9. The second-order valence-corrected chi connectivity index (χ2v) is 9.07. The first-order valence-electron chi connectivity index (χ1n) is 12.8. The molecule has 0 amide bonds. The molecule has 1 aliphatic rings. The van der Waals surface area contributed by atoms with E-state index in [1.807, 2.05) is 36.4 Å². The number of hydrogen-bond donors (Lipinski definition) is 0. The van der Waals surface area contributed by atoms with Gasteiger partial charge < -0.3 is 33.2 Å². The van der Waals surface area contributed by atoms with E-state index in [1.165, 1.54) is 20.8 Å². The molecular formula is C29H34O11. The molecule has 11 nitrogen and oxygen atoms in total. The van der Waals surface area contributed by atoms with Gasteiger partial charge in [0.15, 0.2) is 12.2 Å². The van der Waals surface area contributed by atoms with Gasteiger partial charge in [-0.1, -0.05) is 48.6 Å². The van der Waals surface area contributed by atoms with Gasteiger partial charge in [-0.3, -0.25) is 19.2 Å². The Bertz CT molecular complexity index is 1210. The SMILES string of the molecule is CC(=O)OC[C@H]1OC(OC(C)=O)[C@H](OC(C)=O)[C@@H](OC/C=C\COCc2ccc3ccccc3c2)[C@@H]1OC(C)=O. The third-order valence-corrected chi connectivity index (χ3v) is 5.78. The van der Waals surface area contributed by atoms with Crippen LogP contribution >= 0.6 is 0 Å². The van der Waals surface area contributed by atoms with Crippen molar-refractivity contribution in [1.82, 2.24) is 0 Å². The van der Waals surface area contributed by atoms with Crippen LogP contribution in [0.5, 0.6) is 0 Å². The number of fused-ring (bicyclic) bond motifs is 1. The Hall–Kier alpha value is -3.80. The molecule has 1 saturated heterocycles. The van der Waals surface area contributed by atoms with Crippen molar-refractivity contribution in [3.05, 3.63) is 60.2 Å². The van der Waals surface area contributed by atoms with E-state index in [2.05, 4.69) is 6.07 Å². The van der Waals surface area contributed by atoms with Crippen LogP contribution in [0.2, 0.25) is 0 Å². The molecule has 216 valence electrons. The molecule has 0 N–H and O–H groups in total. The number of carbonyl (C=O) groups is 4. The highest BCUT2D eigenvalue weighted by molar-refractivity contribution is 5.82. The predicted octanol–water partition coefficient (Wildman–Crippen LogP) is 3.01. The summed E-state index contributed by atoms with van der Waals surface area (Å²) in [6.45, 7) is 5.12. The van der Waals surface area contributed by atoms with Crippen molar-refractivity contribution in [1.29, 1.82) is 0 Å².